The average molecular weight is 385 g/mol. The van der Waals surface area contributed by atoms with Gasteiger partial charge in [-0.25, -0.2) is 0 Å². The predicted octanol–water partition coefficient (Wildman–Crippen LogP) is 3.66. The monoisotopic (exact) mass is 384 g/mol. The van der Waals surface area contributed by atoms with E-state index in [1.165, 1.54) is 16.9 Å². The highest BCUT2D eigenvalue weighted by Gasteiger charge is 2.27. The molecule has 1 fully saturated rings. The Balaban J connectivity index is 1.53. The van der Waals surface area contributed by atoms with Gasteiger partial charge >= 0.3 is 0 Å². The van der Waals surface area contributed by atoms with E-state index in [1.54, 1.807) is 18.9 Å². The van der Waals surface area contributed by atoms with Gasteiger partial charge in [-0.1, -0.05) is 30.3 Å². The van der Waals surface area contributed by atoms with Crippen LogP contribution in [0.15, 0.2) is 59.5 Å². The molecule has 2 aromatic carbocycles. The van der Waals surface area contributed by atoms with Gasteiger partial charge in [-0.05, 0) is 55.6 Å². The molecule has 1 heterocycles. The third-order valence-corrected chi connectivity index (χ3v) is 6.20. The zero-order valence-corrected chi connectivity index (χ0v) is 16.6. The van der Waals surface area contributed by atoms with Gasteiger partial charge in [0.15, 0.2) is 0 Å². The molecule has 144 valence electrons. The smallest absolute Gasteiger partial charge is 0.221 e. The Bertz CT molecular complexity index is 700. The predicted molar refractivity (Wildman–Crippen MR) is 111 cm³/mol. The van der Waals surface area contributed by atoms with E-state index in [-0.39, 0.29) is 11.2 Å². The second kappa shape index (κ2) is 10.4. The number of nitrogens with one attached hydrogen (secondary N) is 2. The van der Waals surface area contributed by atoms with Crippen molar-refractivity contribution in [3.05, 3.63) is 60.2 Å². The molecule has 27 heavy (non-hydrogen) atoms. The van der Waals surface area contributed by atoms with E-state index in [9.17, 15) is 4.79 Å². The van der Waals surface area contributed by atoms with Crippen molar-refractivity contribution < 1.29 is 9.53 Å². The highest BCUT2D eigenvalue weighted by molar-refractivity contribution is 8.00. The van der Waals surface area contributed by atoms with E-state index < -0.39 is 0 Å². The largest absolute Gasteiger partial charge is 0.497 e. The van der Waals surface area contributed by atoms with Crippen molar-refractivity contribution >= 4 is 17.7 Å². The van der Waals surface area contributed by atoms with Gasteiger partial charge in [-0.2, -0.15) is 0 Å². The fraction of sp³-hybridized carbons (Fsp3) is 0.409. The van der Waals surface area contributed by atoms with E-state index in [1.807, 2.05) is 30.3 Å². The van der Waals surface area contributed by atoms with Gasteiger partial charge < -0.3 is 15.4 Å². The highest BCUT2D eigenvalue weighted by atomic mass is 32.2. The summed E-state index contributed by atoms with van der Waals surface area (Å²) in [4.78, 5) is 13.7. The number of carbonyl (C=O) groups is 1. The van der Waals surface area contributed by atoms with Crippen LogP contribution in [0.1, 0.15) is 24.8 Å². The molecule has 1 amide bonds. The number of ether oxygens (including phenoxy) is 1. The lowest BCUT2D eigenvalue weighted by Gasteiger charge is -2.23. The summed E-state index contributed by atoms with van der Waals surface area (Å²) >= 11 is 1.78. The Morgan fingerprint density at radius 1 is 1.22 bits per heavy atom. The van der Waals surface area contributed by atoms with Crippen LogP contribution < -0.4 is 15.4 Å². The number of methoxy groups -OCH3 is 1. The summed E-state index contributed by atoms with van der Waals surface area (Å²) in [6, 6.07) is 18.7. The molecule has 2 unspecified atom stereocenters. The lowest BCUT2D eigenvalue weighted by atomic mass is 10.1. The van der Waals surface area contributed by atoms with E-state index in [0.29, 0.717) is 19.0 Å². The van der Waals surface area contributed by atoms with Gasteiger partial charge in [0, 0.05) is 29.2 Å². The molecular formula is C22H28N2O2S. The maximum absolute atomic E-state index is 12.5. The molecule has 0 radical (unpaired) electrons. The summed E-state index contributed by atoms with van der Waals surface area (Å²) in [5, 5.41) is 6.88. The first-order valence-corrected chi connectivity index (χ1v) is 10.5. The molecule has 0 aromatic heterocycles. The summed E-state index contributed by atoms with van der Waals surface area (Å²) in [7, 11) is 1.67. The van der Waals surface area contributed by atoms with Crippen LogP contribution in [0, 0.1) is 0 Å². The Morgan fingerprint density at radius 3 is 2.67 bits per heavy atom. The van der Waals surface area contributed by atoms with Crippen molar-refractivity contribution in [2.75, 3.05) is 20.2 Å². The number of thioether (sulfide) groups is 1. The van der Waals surface area contributed by atoms with Gasteiger partial charge in [-0.15, -0.1) is 11.8 Å². The molecule has 2 atom stereocenters. The Hall–Kier alpha value is -1.98. The van der Waals surface area contributed by atoms with Crippen LogP contribution in [0.5, 0.6) is 5.75 Å². The standard InChI is InChI=1S/C22H28N2O2S/c1-26-18-9-11-19(12-10-18)27-21(20-8-5-14-23-20)16-22(25)24-15-13-17-6-3-2-4-7-17/h2-4,6-7,9-12,20-21,23H,5,8,13-16H2,1H3,(H,24,25). The molecule has 0 bridgehead atoms. The minimum Gasteiger partial charge on any atom is -0.497 e. The SMILES string of the molecule is COc1ccc(SC(CC(=O)NCCc2ccccc2)C2CCCN2)cc1. The maximum atomic E-state index is 12.5. The summed E-state index contributed by atoms with van der Waals surface area (Å²) in [5.41, 5.74) is 1.25. The van der Waals surface area contributed by atoms with Crippen molar-refractivity contribution in [3.63, 3.8) is 0 Å². The Morgan fingerprint density at radius 2 is 2.00 bits per heavy atom. The van der Waals surface area contributed by atoms with Crippen LogP contribution >= 0.6 is 11.8 Å². The second-order valence-corrected chi connectivity index (χ2v) is 8.14. The first-order chi connectivity index (χ1) is 13.2. The zero-order valence-electron chi connectivity index (χ0n) is 15.8. The minimum atomic E-state index is 0.130. The van der Waals surface area contributed by atoms with Gasteiger partial charge in [0.05, 0.1) is 7.11 Å². The molecule has 3 rings (SSSR count). The summed E-state index contributed by atoms with van der Waals surface area (Å²) in [6.45, 7) is 1.72. The molecule has 1 saturated heterocycles. The van der Waals surface area contributed by atoms with Crippen LogP contribution in [-0.4, -0.2) is 37.4 Å². The first kappa shape index (κ1) is 19.8. The Labute approximate surface area is 166 Å². The van der Waals surface area contributed by atoms with Crippen LogP contribution in [-0.2, 0) is 11.2 Å². The van der Waals surface area contributed by atoms with E-state index >= 15 is 0 Å². The normalized spacial score (nSPS) is 17.4. The van der Waals surface area contributed by atoms with Crippen molar-refractivity contribution in [2.24, 2.45) is 0 Å². The maximum Gasteiger partial charge on any atom is 0.221 e. The highest BCUT2D eigenvalue weighted by Crippen LogP contribution is 2.31. The number of hydrogen-bond acceptors (Lipinski definition) is 4. The minimum absolute atomic E-state index is 0.130. The van der Waals surface area contributed by atoms with E-state index in [0.717, 1.165) is 25.1 Å². The van der Waals surface area contributed by atoms with Crippen LogP contribution in [0.25, 0.3) is 0 Å². The summed E-state index contributed by atoms with van der Waals surface area (Å²) < 4.78 is 5.23. The van der Waals surface area contributed by atoms with Crippen molar-refractivity contribution in [3.8, 4) is 5.75 Å². The number of benzene rings is 2. The number of rotatable bonds is 9. The van der Waals surface area contributed by atoms with E-state index in [2.05, 4.69) is 34.9 Å². The number of hydrogen-bond donors (Lipinski definition) is 2. The van der Waals surface area contributed by atoms with Gasteiger partial charge in [0.2, 0.25) is 5.91 Å². The fourth-order valence-electron chi connectivity index (χ4n) is 3.37. The average Bonchev–Trinajstić information content (AvgIpc) is 3.24. The van der Waals surface area contributed by atoms with Crippen LogP contribution in [0.3, 0.4) is 0 Å². The third-order valence-electron chi connectivity index (χ3n) is 4.86. The molecule has 4 nitrogen and oxygen atoms in total. The second-order valence-electron chi connectivity index (χ2n) is 6.82. The summed E-state index contributed by atoms with van der Waals surface area (Å²) in [6.07, 6.45) is 3.71. The molecular weight excluding hydrogens is 356 g/mol. The zero-order chi connectivity index (χ0) is 18.9. The summed E-state index contributed by atoms with van der Waals surface area (Å²) in [5.74, 6) is 0.985. The number of carbonyl (C=O) groups excluding carboxylic acids is 1. The first-order valence-electron chi connectivity index (χ1n) is 9.59. The van der Waals surface area contributed by atoms with Gasteiger partial charge in [-0.3, -0.25) is 4.79 Å². The van der Waals surface area contributed by atoms with Crippen LogP contribution in [0.4, 0.5) is 0 Å². The van der Waals surface area contributed by atoms with Crippen molar-refractivity contribution in [1.29, 1.82) is 0 Å². The third kappa shape index (κ3) is 6.29. The van der Waals surface area contributed by atoms with Gasteiger partial charge in [0.1, 0.15) is 5.75 Å². The molecule has 1 aliphatic heterocycles. The molecule has 2 aromatic rings. The molecule has 2 N–H and O–H groups in total. The number of amides is 1. The Kier molecular flexibility index (Phi) is 7.60. The molecule has 0 saturated carbocycles. The van der Waals surface area contributed by atoms with E-state index in [4.69, 9.17) is 4.74 Å². The topological polar surface area (TPSA) is 50.4 Å². The lowest BCUT2D eigenvalue weighted by molar-refractivity contribution is -0.121. The molecule has 0 spiro atoms. The van der Waals surface area contributed by atoms with Gasteiger partial charge in [0.25, 0.3) is 0 Å². The van der Waals surface area contributed by atoms with Crippen molar-refractivity contribution in [2.45, 2.75) is 41.9 Å². The molecule has 0 aliphatic carbocycles. The van der Waals surface area contributed by atoms with Crippen molar-refractivity contribution in [1.82, 2.24) is 10.6 Å². The molecule has 1 aliphatic rings. The molecule has 5 heteroatoms. The van der Waals surface area contributed by atoms with Crippen LogP contribution in [0.2, 0.25) is 0 Å². The fourth-order valence-corrected chi connectivity index (χ4v) is 4.64. The quantitative estimate of drug-likeness (QED) is 0.648. The lowest BCUT2D eigenvalue weighted by Crippen LogP contribution is -2.37.